The summed E-state index contributed by atoms with van der Waals surface area (Å²) in [5.74, 6) is 0.959. The summed E-state index contributed by atoms with van der Waals surface area (Å²) in [6.07, 6.45) is 7.56. The molecule has 2 aliphatic carbocycles. The molecule has 7 nitrogen and oxygen atoms in total. The van der Waals surface area contributed by atoms with Gasteiger partial charge in [-0.1, -0.05) is 136 Å². The number of hydrogen-bond acceptors (Lipinski definition) is 6. The van der Waals surface area contributed by atoms with Gasteiger partial charge in [-0.05, 0) is 122 Å². The quantitative estimate of drug-likeness (QED) is 0.0860. The average molecular weight is 853 g/mol. The largest absolute Gasteiger partial charge is 0.559 e. The first-order chi connectivity index (χ1) is 27.0. The Balaban J connectivity index is 0.000000303. The third kappa shape index (κ3) is 11.5. The summed E-state index contributed by atoms with van der Waals surface area (Å²) in [5, 5.41) is 1.47. The molecule has 0 amide bonds. The van der Waals surface area contributed by atoms with Crippen molar-refractivity contribution in [1.29, 1.82) is 0 Å². The fourth-order valence-corrected chi connectivity index (χ4v) is 10.5. The monoisotopic (exact) mass is 851 g/mol. The first-order valence-electron chi connectivity index (χ1n) is 20.1. The molecule has 2 aliphatic rings. The van der Waals surface area contributed by atoms with Gasteiger partial charge in [-0.2, -0.15) is 0 Å². The summed E-state index contributed by atoms with van der Waals surface area (Å²) in [6, 6.07) is 31.5. The second kappa shape index (κ2) is 20.0. The van der Waals surface area contributed by atoms with Crippen LogP contribution in [0.1, 0.15) is 114 Å². The van der Waals surface area contributed by atoms with E-state index in [4.69, 9.17) is 33.1 Å². The molecule has 4 aromatic rings. The SMILES string of the molecule is CC(C)C[C@@H](N)C1(c2ccc(Cl)cc2)CCC1.Cc1ccc(S(=O)(=O)N[C@H](C)[C@@H](O[S+]([O-])N=C(CC(C)C)C2(c3ccc(Cl)cc3)CCC2)c2ccccc2)cc1. The maximum absolute atomic E-state index is 13.6. The number of benzene rings is 4. The summed E-state index contributed by atoms with van der Waals surface area (Å²) >= 11 is 10.1. The molecule has 0 aliphatic heterocycles. The van der Waals surface area contributed by atoms with Gasteiger partial charge in [-0.25, -0.2) is 13.1 Å². The molecule has 0 aromatic heterocycles. The zero-order valence-corrected chi connectivity index (χ0v) is 37.2. The van der Waals surface area contributed by atoms with Crippen LogP contribution in [-0.4, -0.2) is 30.8 Å². The molecule has 2 fully saturated rings. The number of hydrogen-bond donors (Lipinski definition) is 2. The van der Waals surface area contributed by atoms with E-state index in [1.54, 1.807) is 31.2 Å². The van der Waals surface area contributed by atoms with Crippen molar-refractivity contribution in [1.82, 2.24) is 4.72 Å². The van der Waals surface area contributed by atoms with Crippen LogP contribution in [0.15, 0.2) is 112 Å². The first-order valence-corrected chi connectivity index (χ1v) is 23.4. The lowest BCUT2D eigenvalue weighted by molar-refractivity contribution is 0.178. The Kier molecular flexibility index (Phi) is 15.9. The summed E-state index contributed by atoms with van der Waals surface area (Å²) in [4.78, 5) is 0.157. The molecular weight excluding hydrogens is 794 g/mol. The van der Waals surface area contributed by atoms with Crippen molar-refractivity contribution in [3.63, 3.8) is 0 Å². The van der Waals surface area contributed by atoms with Crippen molar-refractivity contribution in [3.05, 3.63) is 135 Å². The van der Waals surface area contributed by atoms with Gasteiger partial charge in [0.15, 0.2) is 6.10 Å². The van der Waals surface area contributed by atoms with Crippen LogP contribution in [-0.2, 0) is 36.7 Å². The predicted octanol–water partition coefficient (Wildman–Crippen LogP) is 11.4. The second-order valence-corrected chi connectivity index (χ2v) is 20.1. The van der Waals surface area contributed by atoms with E-state index in [1.165, 1.54) is 24.8 Å². The van der Waals surface area contributed by atoms with E-state index in [9.17, 15) is 13.0 Å². The molecule has 3 N–H and O–H groups in total. The van der Waals surface area contributed by atoms with Gasteiger partial charge in [0, 0.05) is 26.9 Å². The molecule has 11 heteroatoms. The van der Waals surface area contributed by atoms with Crippen molar-refractivity contribution < 1.29 is 17.2 Å². The Morgan fingerprint density at radius 2 is 1.35 bits per heavy atom. The minimum Gasteiger partial charge on any atom is -0.559 e. The van der Waals surface area contributed by atoms with Crippen LogP contribution < -0.4 is 10.5 Å². The van der Waals surface area contributed by atoms with Crippen molar-refractivity contribution in [3.8, 4) is 0 Å². The summed E-state index contributed by atoms with van der Waals surface area (Å²) < 4.78 is 53.3. The fourth-order valence-electron chi connectivity index (χ4n) is 8.06. The van der Waals surface area contributed by atoms with E-state index in [0.29, 0.717) is 28.8 Å². The zero-order chi connectivity index (χ0) is 41.4. The molecule has 1 unspecified atom stereocenters. The van der Waals surface area contributed by atoms with E-state index in [-0.39, 0.29) is 21.8 Å². The van der Waals surface area contributed by atoms with Crippen LogP contribution in [0.2, 0.25) is 10.0 Å². The van der Waals surface area contributed by atoms with Gasteiger partial charge in [-0.15, -0.1) is 4.18 Å². The third-order valence-electron chi connectivity index (χ3n) is 11.5. The molecule has 4 atom stereocenters. The predicted molar refractivity (Wildman–Crippen MR) is 238 cm³/mol. The third-order valence-corrected chi connectivity index (χ3v) is 14.3. The van der Waals surface area contributed by atoms with E-state index >= 15 is 0 Å². The van der Waals surface area contributed by atoms with Crippen LogP contribution in [0.5, 0.6) is 0 Å². The average Bonchev–Trinajstić information content (AvgIpc) is 3.11. The summed E-state index contributed by atoms with van der Waals surface area (Å²) in [7, 11) is -3.84. The number of nitrogens with two attached hydrogens (primary N) is 1. The maximum Gasteiger partial charge on any atom is 0.271 e. The fraction of sp³-hybridized carbons (Fsp3) is 0.457. The van der Waals surface area contributed by atoms with Gasteiger partial charge in [0.2, 0.25) is 10.0 Å². The molecule has 6 rings (SSSR count). The summed E-state index contributed by atoms with van der Waals surface area (Å²) in [5.41, 5.74) is 11.4. The lowest BCUT2D eigenvalue weighted by Crippen LogP contribution is -2.50. The highest BCUT2D eigenvalue weighted by Gasteiger charge is 2.46. The summed E-state index contributed by atoms with van der Waals surface area (Å²) in [6.45, 7) is 12.3. The molecule has 0 saturated heterocycles. The Bertz CT molecular complexity index is 2000. The molecular formula is C46H59Cl2N3O4S2. The highest BCUT2D eigenvalue weighted by Crippen LogP contribution is 2.48. The number of sulfonamides is 1. The van der Waals surface area contributed by atoms with Crippen LogP contribution in [0, 0.1) is 18.8 Å². The standard InChI is InChI=1S/C31H37ClN2O4S2.C15H22ClN/c1-22(2)21-29(31(19-8-20-31)26-13-15-27(32)16-14-26)33-39(35)38-30(25-9-6-5-7-10-25)24(4)34-40(36,37)28-17-11-23(3)12-18-28;1-11(2)10-14(17)15(8-3-9-15)12-4-6-13(16)7-5-12/h5-7,9-18,22,24,30,34H,8,19-21H2,1-4H3;4-7,11,14H,3,8-10,17H2,1-2H3/t24-,30-,39?;14-/m11/s1. The van der Waals surface area contributed by atoms with Gasteiger partial charge in [0.05, 0.1) is 16.6 Å². The Labute approximate surface area is 354 Å². The minimum absolute atomic E-state index is 0.157. The number of halogens is 2. The van der Waals surface area contributed by atoms with Crippen LogP contribution in [0.4, 0.5) is 0 Å². The number of aryl methyl sites for hydroxylation is 1. The number of nitrogens with one attached hydrogen (secondary N) is 1. The first kappa shape index (κ1) is 45.4. The highest BCUT2D eigenvalue weighted by atomic mass is 35.5. The van der Waals surface area contributed by atoms with E-state index in [0.717, 1.165) is 47.5 Å². The van der Waals surface area contributed by atoms with Crippen LogP contribution in [0.3, 0.4) is 0 Å². The smallest absolute Gasteiger partial charge is 0.271 e. The van der Waals surface area contributed by atoms with Gasteiger partial charge in [0.1, 0.15) is 0 Å². The molecule has 57 heavy (non-hydrogen) atoms. The van der Waals surface area contributed by atoms with E-state index in [1.807, 2.05) is 73.7 Å². The molecule has 0 heterocycles. The van der Waals surface area contributed by atoms with Crippen molar-refractivity contribution >= 4 is 50.6 Å². The van der Waals surface area contributed by atoms with E-state index in [2.05, 4.69) is 48.9 Å². The molecule has 2 saturated carbocycles. The number of rotatable bonds is 16. The molecule has 0 bridgehead atoms. The highest BCUT2D eigenvalue weighted by molar-refractivity contribution is 7.89. The Morgan fingerprint density at radius 1 is 0.807 bits per heavy atom. The van der Waals surface area contributed by atoms with Crippen LogP contribution >= 0.6 is 23.2 Å². The molecule has 0 spiro atoms. The zero-order valence-electron chi connectivity index (χ0n) is 34.1. The minimum atomic E-state index is -3.84. The van der Waals surface area contributed by atoms with Crippen molar-refractivity contribution in [2.45, 2.75) is 127 Å². The number of nitrogens with zero attached hydrogens (tertiary/aromatic N) is 1. The molecule has 308 valence electrons. The Morgan fingerprint density at radius 3 is 1.82 bits per heavy atom. The molecule has 4 aromatic carbocycles. The van der Waals surface area contributed by atoms with Gasteiger partial charge < -0.3 is 10.3 Å². The van der Waals surface area contributed by atoms with Gasteiger partial charge in [0.25, 0.3) is 11.6 Å². The van der Waals surface area contributed by atoms with E-state index < -0.39 is 33.8 Å². The second-order valence-electron chi connectivity index (χ2n) is 16.7. The topological polar surface area (TPSA) is 117 Å². The normalized spacial score (nSPS) is 18.4. The van der Waals surface area contributed by atoms with Gasteiger partial charge >= 0.3 is 0 Å². The molecule has 0 radical (unpaired) electrons. The Hall–Kier alpha value is -2.73. The van der Waals surface area contributed by atoms with Gasteiger partial charge in [-0.3, -0.25) is 0 Å². The maximum atomic E-state index is 13.6. The van der Waals surface area contributed by atoms with Crippen LogP contribution in [0.25, 0.3) is 0 Å². The lowest BCUT2D eigenvalue weighted by atomic mass is 9.59. The van der Waals surface area contributed by atoms with Crippen molar-refractivity contribution in [2.75, 3.05) is 0 Å². The lowest BCUT2D eigenvalue weighted by Gasteiger charge is -2.47. The van der Waals surface area contributed by atoms with Crippen molar-refractivity contribution in [2.24, 2.45) is 22.0 Å².